The fraction of sp³-hybridized carbons (Fsp3) is 0.667. The van der Waals surface area contributed by atoms with Gasteiger partial charge in [-0.2, -0.15) is 0 Å². The van der Waals surface area contributed by atoms with Crippen LogP contribution in [0.1, 0.15) is 40.3 Å². The molecule has 0 N–H and O–H groups in total. The van der Waals surface area contributed by atoms with E-state index in [1.807, 2.05) is 11.3 Å². The van der Waals surface area contributed by atoms with E-state index in [4.69, 9.17) is 4.74 Å². The molecule has 0 aliphatic carbocycles. The van der Waals surface area contributed by atoms with Gasteiger partial charge in [-0.1, -0.05) is 15.9 Å². The molecule has 0 saturated carbocycles. The van der Waals surface area contributed by atoms with Gasteiger partial charge < -0.3 is 4.74 Å². The Bertz CT molecular complexity index is 304. The molecule has 0 amide bonds. The van der Waals surface area contributed by atoms with Gasteiger partial charge in [-0.25, -0.2) is 0 Å². The fourth-order valence-electron chi connectivity index (χ4n) is 1.97. The van der Waals surface area contributed by atoms with Gasteiger partial charge in [-0.3, -0.25) is 0 Å². The fourth-order valence-corrected chi connectivity index (χ4v) is 3.56. The van der Waals surface area contributed by atoms with Crippen molar-refractivity contribution in [2.45, 2.75) is 43.5 Å². The van der Waals surface area contributed by atoms with Crippen LogP contribution in [0.3, 0.4) is 0 Å². The maximum atomic E-state index is 5.63. The van der Waals surface area contributed by atoms with E-state index in [0.29, 0.717) is 10.9 Å². The number of halogens is 1. The number of aryl methyl sites for hydroxylation is 1. The van der Waals surface area contributed by atoms with Gasteiger partial charge >= 0.3 is 0 Å². The predicted octanol–water partition coefficient (Wildman–Crippen LogP) is 4.45. The Balaban J connectivity index is 1.79. The van der Waals surface area contributed by atoms with Crippen molar-refractivity contribution in [2.24, 2.45) is 0 Å². The molecule has 3 heteroatoms. The first-order chi connectivity index (χ1) is 7.25. The lowest BCUT2D eigenvalue weighted by atomic mass is 10.1. The lowest BCUT2D eigenvalue weighted by Gasteiger charge is -2.11. The Morgan fingerprint density at radius 3 is 3.07 bits per heavy atom. The summed E-state index contributed by atoms with van der Waals surface area (Å²) in [6.07, 6.45) is 5.39. The second-order valence-corrected chi connectivity index (χ2v) is 6.55. The molecular formula is C12H17BrOS. The Labute approximate surface area is 104 Å². The highest BCUT2D eigenvalue weighted by Crippen LogP contribution is 2.34. The van der Waals surface area contributed by atoms with Gasteiger partial charge in [0.1, 0.15) is 0 Å². The summed E-state index contributed by atoms with van der Waals surface area (Å²) in [5, 5.41) is 0. The lowest BCUT2D eigenvalue weighted by molar-refractivity contribution is 0.102. The largest absolute Gasteiger partial charge is 0.378 e. The van der Waals surface area contributed by atoms with Gasteiger partial charge in [0.2, 0.25) is 0 Å². The third-order valence-electron chi connectivity index (χ3n) is 2.84. The summed E-state index contributed by atoms with van der Waals surface area (Å²) < 4.78 is 5.63. The molecule has 84 valence electrons. The van der Waals surface area contributed by atoms with Crippen LogP contribution in [0.5, 0.6) is 0 Å². The number of hydrogen-bond acceptors (Lipinski definition) is 2. The molecular weight excluding hydrogens is 272 g/mol. The Hall–Kier alpha value is 0.140. The van der Waals surface area contributed by atoms with Crippen LogP contribution in [0.2, 0.25) is 0 Å². The number of rotatable bonds is 4. The number of ether oxygens (including phenoxy) is 1. The van der Waals surface area contributed by atoms with E-state index in [9.17, 15) is 0 Å². The Kier molecular flexibility index (Phi) is 4.23. The van der Waals surface area contributed by atoms with E-state index in [2.05, 4.69) is 35.0 Å². The smallest absolute Gasteiger partial charge is 0.0576 e. The predicted molar refractivity (Wildman–Crippen MR) is 68.9 cm³/mol. The zero-order valence-corrected chi connectivity index (χ0v) is 11.4. The van der Waals surface area contributed by atoms with Crippen LogP contribution in [0.4, 0.5) is 0 Å². The first-order valence-corrected chi connectivity index (χ1v) is 7.31. The minimum atomic E-state index is 0.514. The average molecular weight is 289 g/mol. The van der Waals surface area contributed by atoms with Crippen LogP contribution in [-0.4, -0.2) is 12.7 Å². The zero-order valence-electron chi connectivity index (χ0n) is 9.04. The normalized spacial score (nSPS) is 23.2. The summed E-state index contributed by atoms with van der Waals surface area (Å²) in [5.41, 5.74) is 0. The van der Waals surface area contributed by atoms with E-state index >= 15 is 0 Å². The summed E-state index contributed by atoms with van der Waals surface area (Å²) in [6.45, 7) is 3.13. The van der Waals surface area contributed by atoms with Crippen LogP contribution < -0.4 is 0 Å². The second kappa shape index (κ2) is 5.46. The monoisotopic (exact) mass is 288 g/mol. The molecule has 1 fully saturated rings. The number of thiophene rings is 1. The lowest BCUT2D eigenvalue weighted by Crippen LogP contribution is -2.05. The minimum absolute atomic E-state index is 0.514. The van der Waals surface area contributed by atoms with Gasteiger partial charge in [0.15, 0.2) is 0 Å². The van der Waals surface area contributed by atoms with Crippen LogP contribution in [0.25, 0.3) is 0 Å². The molecule has 0 spiro atoms. The van der Waals surface area contributed by atoms with Crippen molar-refractivity contribution in [1.82, 2.24) is 0 Å². The quantitative estimate of drug-likeness (QED) is 0.744. The Morgan fingerprint density at radius 1 is 1.60 bits per heavy atom. The van der Waals surface area contributed by atoms with Gasteiger partial charge in [-0.15, -0.1) is 11.3 Å². The third-order valence-corrected chi connectivity index (χ3v) is 5.20. The van der Waals surface area contributed by atoms with Crippen molar-refractivity contribution in [3.8, 4) is 0 Å². The molecule has 1 aliphatic rings. The number of alkyl halides is 1. The molecule has 0 bridgehead atoms. The van der Waals surface area contributed by atoms with Crippen molar-refractivity contribution in [3.05, 3.63) is 21.9 Å². The molecule has 1 saturated heterocycles. The first kappa shape index (κ1) is 11.6. The van der Waals surface area contributed by atoms with Crippen molar-refractivity contribution in [3.63, 3.8) is 0 Å². The van der Waals surface area contributed by atoms with Crippen molar-refractivity contribution in [1.29, 1.82) is 0 Å². The van der Waals surface area contributed by atoms with Gasteiger partial charge in [0, 0.05) is 21.2 Å². The van der Waals surface area contributed by atoms with Crippen molar-refractivity contribution < 1.29 is 4.74 Å². The molecule has 1 aromatic rings. The molecule has 2 atom stereocenters. The first-order valence-electron chi connectivity index (χ1n) is 5.57. The molecule has 1 nitrogen and oxygen atoms in total. The third kappa shape index (κ3) is 3.30. The summed E-state index contributed by atoms with van der Waals surface area (Å²) in [7, 11) is 0. The Morgan fingerprint density at radius 2 is 2.47 bits per heavy atom. The van der Waals surface area contributed by atoms with E-state index in [1.54, 1.807) is 0 Å². The van der Waals surface area contributed by atoms with Gasteiger partial charge in [0.05, 0.1) is 6.10 Å². The van der Waals surface area contributed by atoms with Gasteiger partial charge in [0.25, 0.3) is 0 Å². The summed E-state index contributed by atoms with van der Waals surface area (Å²) in [5.74, 6) is 0. The second-order valence-electron chi connectivity index (χ2n) is 4.13. The molecule has 2 heterocycles. The highest BCUT2D eigenvalue weighted by atomic mass is 79.9. The van der Waals surface area contributed by atoms with Crippen molar-refractivity contribution in [2.75, 3.05) is 6.61 Å². The highest BCUT2D eigenvalue weighted by molar-refractivity contribution is 9.09. The van der Waals surface area contributed by atoms with E-state index in [1.165, 1.54) is 35.4 Å². The standard InChI is InChI=1S/C12H17BrOS/c1-9-4-7-12(15-9)11(13)6-5-10-3-2-8-14-10/h4,7,10-11H,2-3,5-6,8H2,1H3. The minimum Gasteiger partial charge on any atom is -0.378 e. The highest BCUT2D eigenvalue weighted by Gasteiger charge is 2.18. The maximum Gasteiger partial charge on any atom is 0.0576 e. The van der Waals surface area contributed by atoms with E-state index in [-0.39, 0.29) is 0 Å². The summed E-state index contributed by atoms with van der Waals surface area (Å²) >= 11 is 5.65. The van der Waals surface area contributed by atoms with Gasteiger partial charge in [-0.05, 0) is 44.7 Å². The van der Waals surface area contributed by atoms with E-state index < -0.39 is 0 Å². The molecule has 1 aliphatic heterocycles. The molecule has 1 aromatic heterocycles. The molecule has 0 aromatic carbocycles. The summed E-state index contributed by atoms with van der Waals surface area (Å²) in [6, 6.07) is 4.43. The van der Waals surface area contributed by atoms with Crippen LogP contribution >= 0.6 is 27.3 Å². The molecule has 2 unspecified atom stereocenters. The maximum absolute atomic E-state index is 5.63. The molecule has 2 rings (SSSR count). The van der Waals surface area contributed by atoms with Crippen molar-refractivity contribution >= 4 is 27.3 Å². The molecule has 15 heavy (non-hydrogen) atoms. The topological polar surface area (TPSA) is 9.23 Å². The summed E-state index contributed by atoms with van der Waals surface area (Å²) in [4.78, 5) is 3.36. The van der Waals surface area contributed by atoms with Crippen LogP contribution in [0, 0.1) is 6.92 Å². The van der Waals surface area contributed by atoms with Crippen LogP contribution in [-0.2, 0) is 4.74 Å². The zero-order chi connectivity index (χ0) is 10.7. The SMILES string of the molecule is Cc1ccc(C(Br)CCC2CCCO2)s1. The van der Waals surface area contributed by atoms with E-state index in [0.717, 1.165) is 6.61 Å². The van der Waals surface area contributed by atoms with Crippen LogP contribution in [0.15, 0.2) is 12.1 Å². The average Bonchev–Trinajstić information content (AvgIpc) is 2.84. The molecule has 0 radical (unpaired) electrons. The number of hydrogen-bond donors (Lipinski definition) is 0.